The van der Waals surface area contributed by atoms with Crippen LogP contribution in [0.25, 0.3) is 0 Å². The smallest absolute Gasteiger partial charge is 0.261 e. The lowest BCUT2D eigenvalue weighted by molar-refractivity contribution is -0.140. The second-order valence-electron chi connectivity index (χ2n) is 4.31. The molecule has 0 spiro atoms. The fourth-order valence-corrected chi connectivity index (χ4v) is 3.70. The van der Waals surface area contributed by atoms with Crippen LogP contribution in [0.1, 0.15) is 26.2 Å². The minimum atomic E-state index is -3.42. The highest BCUT2D eigenvalue weighted by molar-refractivity contribution is 7.89. The quantitative estimate of drug-likeness (QED) is 0.567. The van der Waals surface area contributed by atoms with Crippen LogP contribution in [0, 0.1) is 0 Å². The molecule has 1 atom stereocenters. The summed E-state index contributed by atoms with van der Waals surface area (Å²) in [5.74, 6) is -1.28. The molecule has 19 heavy (non-hydrogen) atoms. The first kappa shape index (κ1) is 15.9. The van der Waals surface area contributed by atoms with Gasteiger partial charge in [0.2, 0.25) is 15.9 Å². The number of amides is 2. The highest BCUT2D eigenvalue weighted by Gasteiger charge is 2.38. The Morgan fingerprint density at radius 1 is 1.47 bits per heavy atom. The van der Waals surface area contributed by atoms with Crippen LogP contribution >= 0.6 is 0 Å². The first-order valence-electron chi connectivity index (χ1n) is 6.08. The van der Waals surface area contributed by atoms with E-state index in [9.17, 15) is 18.0 Å². The predicted molar refractivity (Wildman–Crippen MR) is 67.1 cm³/mol. The Balaban J connectivity index is 2.61. The molecule has 0 bridgehead atoms. The van der Waals surface area contributed by atoms with Gasteiger partial charge in [-0.1, -0.05) is 6.92 Å². The first-order chi connectivity index (χ1) is 8.88. The minimum Gasteiger partial charge on any atom is -0.368 e. The van der Waals surface area contributed by atoms with Gasteiger partial charge in [-0.2, -0.15) is 4.31 Å². The molecule has 1 unspecified atom stereocenters. The molecule has 1 fully saturated rings. The van der Waals surface area contributed by atoms with E-state index in [1.54, 1.807) is 6.92 Å². The molecule has 0 aliphatic carbocycles. The van der Waals surface area contributed by atoms with Crippen LogP contribution in [0.5, 0.6) is 0 Å². The maximum Gasteiger partial charge on any atom is 0.261 e. The molecule has 9 heteroatoms. The summed E-state index contributed by atoms with van der Waals surface area (Å²) < 4.78 is 25.1. The maximum absolute atomic E-state index is 12.0. The summed E-state index contributed by atoms with van der Waals surface area (Å²) in [5, 5.41) is 0. The first-order valence-corrected chi connectivity index (χ1v) is 7.69. The van der Waals surface area contributed by atoms with Crippen LogP contribution in [0.4, 0.5) is 0 Å². The average molecular weight is 293 g/mol. The summed E-state index contributed by atoms with van der Waals surface area (Å²) in [6, 6.07) is -0.774. The fourth-order valence-electron chi connectivity index (χ4n) is 1.96. The second-order valence-corrected chi connectivity index (χ2v) is 6.35. The number of hydroxylamine groups is 1. The lowest BCUT2D eigenvalue weighted by atomic mass is 10.2. The molecule has 1 aliphatic rings. The van der Waals surface area contributed by atoms with E-state index in [1.165, 1.54) is 4.31 Å². The summed E-state index contributed by atoms with van der Waals surface area (Å²) >= 11 is 0. The van der Waals surface area contributed by atoms with Crippen molar-refractivity contribution in [2.75, 3.05) is 18.9 Å². The lowest BCUT2D eigenvalue weighted by Gasteiger charge is -2.22. The number of carbonyl (C=O) groups is 2. The molecular weight excluding hydrogens is 274 g/mol. The summed E-state index contributed by atoms with van der Waals surface area (Å²) in [6.07, 6.45) is 1.55. The highest BCUT2D eigenvalue weighted by Crippen LogP contribution is 2.21. The van der Waals surface area contributed by atoms with E-state index < -0.39 is 34.5 Å². The standard InChI is InChI=1S/C10H19N3O5S/c1-2-6-19(16,17)13-5-3-4-8(13)10(15)12-18-7-9(11)14/h8H,2-7H2,1H3,(H2,11,14)(H,12,15). The number of nitrogens with one attached hydrogen (secondary N) is 1. The van der Waals surface area contributed by atoms with Crippen LogP contribution in [0.3, 0.4) is 0 Å². The van der Waals surface area contributed by atoms with E-state index in [-0.39, 0.29) is 5.75 Å². The topological polar surface area (TPSA) is 119 Å². The number of nitrogens with two attached hydrogens (primary N) is 1. The van der Waals surface area contributed by atoms with Gasteiger partial charge in [-0.15, -0.1) is 0 Å². The van der Waals surface area contributed by atoms with Gasteiger partial charge >= 0.3 is 0 Å². The molecule has 1 saturated heterocycles. The maximum atomic E-state index is 12.0. The number of carbonyl (C=O) groups excluding carboxylic acids is 2. The van der Waals surface area contributed by atoms with Gasteiger partial charge in [0.25, 0.3) is 5.91 Å². The van der Waals surface area contributed by atoms with Crippen molar-refractivity contribution in [1.82, 2.24) is 9.79 Å². The largest absolute Gasteiger partial charge is 0.368 e. The Labute approximate surface area is 112 Å². The van der Waals surface area contributed by atoms with E-state index in [2.05, 4.69) is 10.3 Å². The summed E-state index contributed by atoms with van der Waals surface area (Å²) in [4.78, 5) is 26.8. The highest BCUT2D eigenvalue weighted by atomic mass is 32.2. The number of sulfonamides is 1. The molecule has 3 N–H and O–H groups in total. The molecule has 0 radical (unpaired) electrons. The third-order valence-corrected chi connectivity index (χ3v) is 4.79. The SMILES string of the molecule is CCCS(=O)(=O)N1CCCC1C(=O)NOCC(N)=O. The fraction of sp³-hybridized carbons (Fsp3) is 0.800. The Bertz CT molecular complexity index is 436. The Kier molecular flexibility index (Phi) is 5.70. The van der Waals surface area contributed by atoms with Gasteiger partial charge in [-0.05, 0) is 19.3 Å². The van der Waals surface area contributed by atoms with E-state index in [0.717, 1.165) is 0 Å². The van der Waals surface area contributed by atoms with Crippen LogP contribution in [-0.2, 0) is 24.4 Å². The van der Waals surface area contributed by atoms with Gasteiger partial charge in [-0.25, -0.2) is 13.9 Å². The van der Waals surface area contributed by atoms with Crippen molar-refractivity contribution in [3.63, 3.8) is 0 Å². The monoisotopic (exact) mass is 293 g/mol. The zero-order chi connectivity index (χ0) is 14.5. The number of hydrogen-bond donors (Lipinski definition) is 2. The Hall–Kier alpha value is -1.19. The minimum absolute atomic E-state index is 0.0128. The molecule has 0 saturated carbocycles. The van der Waals surface area contributed by atoms with Crippen molar-refractivity contribution in [2.45, 2.75) is 32.2 Å². The van der Waals surface area contributed by atoms with E-state index in [1.807, 2.05) is 0 Å². The normalized spacial score (nSPS) is 20.4. The lowest BCUT2D eigenvalue weighted by Crippen LogP contribution is -2.47. The van der Waals surface area contributed by atoms with Crippen molar-refractivity contribution in [3.05, 3.63) is 0 Å². The van der Waals surface area contributed by atoms with Gasteiger partial charge < -0.3 is 5.73 Å². The molecule has 110 valence electrons. The number of hydrogen-bond acceptors (Lipinski definition) is 5. The zero-order valence-electron chi connectivity index (χ0n) is 10.8. The van der Waals surface area contributed by atoms with Gasteiger partial charge in [0.15, 0.2) is 6.61 Å². The third-order valence-electron chi connectivity index (χ3n) is 2.71. The van der Waals surface area contributed by atoms with Gasteiger partial charge in [0, 0.05) is 6.54 Å². The van der Waals surface area contributed by atoms with Crippen LogP contribution in [0.15, 0.2) is 0 Å². The van der Waals surface area contributed by atoms with E-state index >= 15 is 0 Å². The van der Waals surface area contributed by atoms with Crippen molar-refractivity contribution in [1.29, 1.82) is 0 Å². The van der Waals surface area contributed by atoms with Crippen LogP contribution < -0.4 is 11.2 Å². The Morgan fingerprint density at radius 3 is 2.74 bits per heavy atom. The third kappa shape index (κ3) is 4.44. The van der Waals surface area contributed by atoms with Gasteiger partial charge in [-0.3, -0.25) is 14.4 Å². The summed E-state index contributed by atoms with van der Waals surface area (Å²) in [7, 11) is -3.42. The van der Waals surface area contributed by atoms with Crippen molar-refractivity contribution >= 4 is 21.8 Å². The van der Waals surface area contributed by atoms with E-state index in [4.69, 9.17) is 5.73 Å². The number of rotatable bonds is 7. The van der Waals surface area contributed by atoms with Gasteiger partial charge in [0.1, 0.15) is 6.04 Å². The molecule has 0 aromatic rings. The average Bonchev–Trinajstić information content (AvgIpc) is 2.77. The number of nitrogens with zero attached hydrogens (tertiary/aromatic N) is 1. The van der Waals surface area contributed by atoms with Crippen LogP contribution in [-0.4, -0.2) is 49.5 Å². The van der Waals surface area contributed by atoms with Crippen molar-refractivity contribution < 1.29 is 22.8 Å². The molecule has 1 aliphatic heterocycles. The van der Waals surface area contributed by atoms with Gasteiger partial charge in [0.05, 0.1) is 5.75 Å². The van der Waals surface area contributed by atoms with E-state index in [0.29, 0.717) is 25.8 Å². The molecule has 1 heterocycles. The molecule has 0 aromatic carbocycles. The Morgan fingerprint density at radius 2 is 2.16 bits per heavy atom. The second kappa shape index (κ2) is 6.83. The van der Waals surface area contributed by atoms with Crippen molar-refractivity contribution in [2.24, 2.45) is 5.73 Å². The molecule has 2 amide bonds. The molecular formula is C10H19N3O5S. The molecule has 1 rings (SSSR count). The van der Waals surface area contributed by atoms with Crippen LogP contribution in [0.2, 0.25) is 0 Å². The van der Waals surface area contributed by atoms with Crippen molar-refractivity contribution in [3.8, 4) is 0 Å². The number of primary amides is 1. The zero-order valence-corrected chi connectivity index (χ0v) is 11.6. The predicted octanol–water partition coefficient (Wildman–Crippen LogP) is -1.28. The molecule has 0 aromatic heterocycles. The summed E-state index contributed by atoms with van der Waals surface area (Å²) in [5.41, 5.74) is 6.90. The molecule has 8 nitrogen and oxygen atoms in total. The summed E-state index contributed by atoms with van der Waals surface area (Å²) in [6.45, 7) is 1.65.